The summed E-state index contributed by atoms with van der Waals surface area (Å²) in [5.41, 5.74) is 0. The second-order valence-electron chi connectivity index (χ2n) is 4.05. The molecule has 1 rings (SSSR count). The first-order valence-electron chi connectivity index (χ1n) is 5.40. The highest BCUT2D eigenvalue weighted by molar-refractivity contribution is 5.92. The van der Waals surface area contributed by atoms with Gasteiger partial charge in [0.2, 0.25) is 5.91 Å². The maximum absolute atomic E-state index is 11.8. The molecule has 1 amide bonds. The number of aliphatic carboxylic acids is 1. The lowest BCUT2D eigenvalue weighted by Gasteiger charge is -2.17. The molecule has 1 aromatic rings. The van der Waals surface area contributed by atoms with E-state index in [1.54, 1.807) is 38.4 Å². The second kappa shape index (κ2) is 5.98. The number of hydrogen-bond donors (Lipinski definition) is 1. The molecule has 0 aliphatic carbocycles. The molecule has 0 fully saturated rings. The van der Waals surface area contributed by atoms with Crippen LogP contribution in [0.5, 0.6) is 0 Å². The van der Waals surface area contributed by atoms with Crippen LogP contribution in [0.15, 0.2) is 24.4 Å². The van der Waals surface area contributed by atoms with Gasteiger partial charge in [-0.25, -0.2) is 4.98 Å². The largest absolute Gasteiger partial charge is 0.481 e. The first kappa shape index (κ1) is 13.2. The average molecular weight is 236 g/mol. The minimum Gasteiger partial charge on any atom is -0.481 e. The molecule has 1 aromatic heterocycles. The summed E-state index contributed by atoms with van der Waals surface area (Å²) in [7, 11) is 1.64. The molecule has 1 unspecified atom stereocenters. The third kappa shape index (κ3) is 4.22. The van der Waals surface area contributed by atoms with E-state index in [1.165, 1.54) is 4.90 Å². The van der Waals surface area contributed by atoms with Gasteiger partial charge in [0.25, 0.3) is 0 Å². The lowest BCUT2D eigenvalue weighted by Crippen LogP contribution is -2.28. The first-order chi connectivity index (χ1) is 8.00. The third-order valence-corrected chi connectivity index (χ3v) is 2.41. The van der Waals surface area contributed by atoms with Crippen molar-refractivity contribution in [2.75, 3.05) is 11.9 Å². The number of amides is 1. The van der Waals surface area contributed by atoms with Gasteiger partial charge in [0.05, 0.1) is 0 Å². The highest BCUT2D eigenvalue weighted by Crippen LogP contribution is 2.13. The molecular formula is C12H16N2O3. The van der Waals surface area contributed by atoms with E-state index in [2.05, 4.69) is 4.98 Å². The molecule has 5 nitrogen and oxygen atoms in total. The number of carboxylic acid groups (broad SMARTS) is 1. The van der Waals surface area contributed by atoms with Crippen molar-refractivity contribution >= 4 is 17.7 Å². The van der Waals surface area contributed by atoms with Crippen LogP contribution in [0.25, 0.3) is 0 Å². The summed E-state index contributed by atoms with van der Waals surface area (Å²) in [4.78, 5) is 27.8. The number of anilines is 1. The van der Waals surface area contributed by atoms with Crippen molar-refractivity contribution in [3.8, 4) is 0 Å². The maximum Gasteiger partial charge on any atom is 0.303 e. The SMILES string of the molecule is CC(CC(=O)O)CC(=O)N(C)c1ccccn1. The van der Waals surface area contributed by atoms with Gasteiger partial charge in [-0.1, -0.05) is 13.0 Å². The number of pyridine rings is 1. The van der Waals surface area contributed by atoms with Crippen molar-refractivity contribution in [3.63, 3.8) is 0 Å². The summed E-state index contributed by atoms with van der Waals surface area (Å²) in [6.07, 6.45) is 1.82. The number of nitrogens with zero attached hydrogens (tertiary/aromatic N) is 2. The molecule has 0 aromatic carbocycles. The number of aromatic nitrogens is 1. The molecule has 0 aliphatic rings. The maximum atomic E-state index is 11.8. The summed E-state index contributed by atoms with van der Waals surface area (Å²) in [5, 5.41) is 8.62. The summed E-state index contributed by atoms with van der Waals surface area (Å²) in [6.45, 7) is 1.75. The van der Waals surface area contributed by atoms with Gasteiger partial charge in [0, 0.05) is 26.1 Å². The molecular weight excluding hydrogens is 220 g/mol. The van der Waals surface area contributed by atoms with Crippen LogP contribution in [-0.2, 0) is 9.59 Å². The Morgan fingerprint density at radius 3 is 2.65 bits per heavy atom. The van der Waals surface area contributed by atoms with Gasteiger partial charge in [-0.3, -0.25) is 14.5 Å². The van der Waals surface area contributed by atoms with Gasteiger partial charge >= 0.3 is 5.97 Å². The fourth-order valence-electron chi connectivity index (χ4n) is 1.49. The standard InChI is InChI=1S/C12H16N2O3/c1-9(8-12(16)17)7-11(15)14(2)10-5-3-4-6-13-10/h3-6,9H,7-8H2,1-2H3,(H,16,17). The monoisotopic (exact) mass is 236 g/mol. The van der Waals surface area contributed by atoms with Crippen LogP contribution in [0, 0.1) is 5.92 Å². The molecule has 17 heavy (non-hydrogen) atoms. The highest BCUT2D eigenvalue weighted by atomic mass is 16.4. The summed E-state index contributed by atoms with van der Waals surface area (Å²) >= 11 is 0. The zero-order chi connectivity index (χ0) is 12.8. The Labute approximate surface area is 100 Å². The van der Waals surface area contributed by atoms with E-state index in [4.69, 9.17) is 5.11 Å². The third-order valence-electron chi connectivity index (χ3n) is 2.41. The van der Waals surface area contributed by atoms with Crippen molar-refractivity contribution in [3.05, 3.63) is 24.4 Å². The topological polar surface area (TPSA) is 70.5 Å². The first-order valence-corrected chi connectivity index (χ1v) is 5.40. The lowest BCUT2D eigenvalue weighted by molar-refractivity contribution is -0.138. The van der Waals surface area contributed by atoms with Crippen LogP contribution in [0.1, 0.15) is 19.8 Å². The van der Waals surface area contributed by atoms with E-state index in [1.807, 2.05) is 0 Å². The molecule has 5 heteroatoms. The molecule has 0 radical (unpaired) electrons. The predicted octanol–water partition coefficient (Wildman–Crippen LogP) is 1.55. The van der Waals surface area contributed by atoms with E-state index in [9.17, 15) is 9.59 Å². The Bertz CT molecular complexity index is 392. The van der Waals surface area contributed by atoms with Crippen molar-refractivity contribution in [2.24, 2.45) is 5.92 Å². The van der Waals surface area contributed by atoms with Gasteiger partial charge in [0.1, 0.15) is 5.82 Å². The molecule has 0 saturated heterocycles. The van der Waals surface area contributed by atoms with Crippen LogP contribution < -0.4 is 4.90 Å². The quantitative estimate of drug-likeness (QED) is 0.842. The van der Waals surface area contributed by atoms with Crippen LogP contribution >= 0.6 is 0 Å². The van der Waals surface area contributed by atoms with Crippen molar-refractivity contribution in [2.45, 2.75) is 19.8 Å². The number of carbonyl (C=O) groups is 2. The Kier molecular flexibility index (Phi) is 4.63. The number of hydrogen-bond acceptors (Lipinski definition) is 3. The normalized spacial score (nSPS) is 11.9. The Hall–Kier alpha value is -1.91. The number of carbonyl (C=O) groups excluding carboxylic acids is 1. The van der Waals surface area contributed by atoms with E-state index in [0.717, 1.165) is 0 Å². The number of rotatable bonds is 5. The molecule has 0 aliphatic heterocycles. The van der Waals surface area contributed by atoms with Crippen LogP contribution in [0.4, 0.5) is 5.82 Å². The van der Waals surface area contributed by atoms with Gasteiger partial charge in [-0.15, -0.1) is 0 Å². The molecule has 0 spiro atoms. The number of carboxylic acids is 1. The fraction of sp³-hybridized carbons (Fsp3) is 0.417. The highest BCUT2D eigenvalue weighted by Gasteiger charge is 2.17. The molecule has 0 bridgehead atoms. The lowest BCUT2D eigenvalue weighted by atomic mass is 10.0. The Morgan fingerprint density at radius 2 is 2.12 bits per heavy atom. The van der Waals surface area contributed by atoms with E-state index >= 15 is 0 Å². The van der Waals surface area contributed by atoms with Crippen molar-refractivity contribution in [1.82, 2.24) is 4.98 Å². The molecule has 0 saturated carbocycles. The molecule has 1 N–H and O–H groups in total. The summed E-state index contributed by atoms with van der Waals surface area (Å²) in [6, 6.07) is 5.31. The fourth-order valence-corrected chi connectivity index (χ4v) is 1.49. The van der Waals surface area contributed by atoms with Crippen molar-refractivity contribution in [1.29, 1.82) is 0 Å². The molecule has 1 heterocycles. The van der Waals surface area contributed by atoms with Crippen LogP contribution in [-0.4, -0.2) is 29.0 Å². The van der Waals surface area contributed by atoms with Gasteiger partial charge < -0.3 is 5.11 Å². The minimum atomic E-state index is -0.884. The van der Waals surface area contributed by atoms with Gasteiger partial charge in [0.15, 0.2) is 0 Å². The average Bonchev–Trinajstić information content (AvgIpc) is 2.28. The summed E-state index contributed by atoms with van der Waals surface area (Å²) < 4.78 is 0. The zero-order valence-electron chi connectivity index (χ0n) is 9.96. The summed E-state index contributed by atoms with van der Waals surface area (Å²) in [5.74, 6) is -0.616. The van der Waals surface area contributed by atoms with Gasteiger partial charge in [-0.05, 0) is 18.1 Å². The molecule has 92 valence electrons. The van der Waals surface area contributed by atoms with Gasteiger partial charge in [-0.2, -0.15) is 0 Å². The Balaban J connectivity index is 2.56. The van der Waals surface area contributed by atoms with E-state index in [-0.39, 0.29) is 24.7 Å². The van der Waals surface area contributed by atoms with Crippen LogP contribution in [0.3, 0.4) is 0 Å². The molecule has 1 atom stereocenters. The van der Waals surface area contributed by atoms with Crippen LogP contribution in [0.2, 0.25) is 0 Å². The van der Waals surface area contributed by atoms with E-state index in [0.29, 0.717) is 5.82 Å². The zero-order valence-corrected chi connectivity index (χ0v) is 9.96. The smallest absolute Gasteiger partial charge is 0.303 e. The predicted molar refractivity (Wildman–Crippen MR) is 63.7 cm³/mol. The van der Waals surface area contributed by atoms with E-state index < -0.39 is 5.97 Å². The minimum absolute atomic E-state index is 0.00178. The Morgan fingerprint density at radius 1 is 1.41 bits per heavy atom. The second-order valence-corrected chi connectivity index (χ2v) is 4.05. The van der Waals surface area contributed by atoms with Crippen molar-refractivity contribution < 1.29 is 14.7 Å².